The van der Waals surface area contributed by atoms with Gasteiger partial charge in [0, 0.05) is 23.2 Å². The van der Waals surface area contributed by atoms with E-state index in [1.54, 1.807) is 11.3 Å². The van der Waals surface area contributed by atoms with Crippen LogP contribution in [0.5, 0.6) is 0 Å². The maximum absolute atomic E-state index is 8.86. The van der Waals surface area contributed by atoms with E-state index in [1.165, 1.54) is 4.88 Å². The van der Waals surface area contributed by atoms with Crippen molar-refractivity contribution in [2.45, 2.75) is 32.9 Å². The van der Waals surface area contributed by atoms with Crippen molar-refractivity contribution in [3.8, 4) is 0 Å². The number of aryl methyl sites for hydroxylation is 1. The Morgan fingerprint density at radius 3 is 2.77 bits per heavy atom. The molecule has 0 aliphatic rings. The van der Waals surface area contributed by atoms with Crippen LogP contribution in [0.2, 0.25) is 0 Å². The molecular formula is C9H16N2OS. The largest absolute Gasteiger partial charge is 0.395 e. The Balaban J connectivity index is 2.53. The first-order valence-corrected chi connectivity index (χ1v) is 5.24. The van der Waals surface area contributed by atoms with E-state index in [9.17, 15) is 0 Å². The van der Waals surface area contributed by atoms with Gasteiger partial charge in [-0.1, -0.05) is 0 Å². The summed E-state index contributed by atoms with van der Waals surface area (Å²) in [5.74, 6) is 0. The van der Waals surface area contributed by atoms with Crippen molar-refractivity contribution in [1.82, 2.24) is 10.3 Å². The number of aliphatic hydroxyl groups excluding tert-OH is 1. The fourth-order valence-corrected chi connectivity index (χ4v) is 1.94. The van der Waals surface area contributed by atoms with E-state index in [1.807, 2.05) is 20.0 Å². The summed E-state index contributed by atoms with van der Waals surface area (Å²) in [6.07, 6.45) is 1.89. The molecule has 74 valence electrons. The number of nitrogens with one attached hydrogen (secondary N) is 1. The summed E-state index contributed by atoms with van der Waals surface area (Å²) in [7, 11) is 0. The molecule has 1 aromatic heterocycles. The summed E-state index contributed by atoms with van der Waals surface area (Å²) >= 11 is 1.69. The quantitative estimate of drug-likeness (QED) is 0.774. The van der Waals surface area contributed by atoms with Crippen LogP contribution < -0.4 is 5.32 Å². The molecule has 2 N–H and O–H groups in total. The van der Waals surface area contributed by atoms with E-state index >= 15 is 0 Å². The summed E-state index contributed by atoms with van der Waals surface area (Å²) in [4.78, 5) is 5.41. The van der Waals surface area contributed by atoms with Gasteiger partial charge in [0.05, 0.1) is 11.6 Å². The third kappa shape index (κ3) is 3.06. The third-order valence-corrected chi connectivity index (χ3v) is 2.97. The predicted octanol–water partition coefficient (Wildman–Crippen LogP) is 1.48. The SMILES string of the molecule is Cc1ncc(C(C)N[C@H](C)CO)s1. The molecule has 0 radical (unpaired) electrons. The summed E-state index contributed by atoms with van der Waals surface area (Å²) in [5, 5.41) is 13.2. The number of aromatic nitrogens is 1. The Morgan fingerprint density at radius 2 is 2.31 bits per heavy atom. The van der Waals surface area contributed by atoms with Crippen LogP contribution in [-0.4, -0.2) is 22.7 Å². The van der Waals surface area contributed by atoms with Crippen LogP contribution in [0.4, 0.5) is 0 Å². The molecule has 0 fully saturated rings. The number of thiazole rings is 1. The van der Waals surface area contributed by atoms with Gasteiger partial charge in [-0.3, -0.25) is 0 Å². The lowest BCUT2D eigenvalue weighted by Crippen LogP contribution is -2.31. The van der Waals surface area contributed by atoms with Crippen LogP contribution in [0.3, 0.4) is 0 Å². The van der Waals surface area contributed by atoms with Crippen LogP contribution in [0.15, 0.2) is 6.20 Å². The van der Waals surface area contributed by atoms with Gasteiger partial charge >= 0.3 is 0 Å². The molecule has 0 amide bonds. The van der Waals surface area contributed by atoms with Crippen LogP contribution in [0, 0.1) is 6.92 Å². The molecule has 0 aliphatic heterocycles. The maximum Gasteiger partial charge on any atom is 0.0897 e. The molecule has 0 aliphatic carbocycles. The zero-order valence-electron chi connectivity index (χ0n) is 8.24. The van der Waals surface area contributed by atoms with E-state index in [0.717, 1.165) is 5.01 Å². The zero-order chi connectivity index (χ0) is 9.84. The molecule has 1 unspecified atom stereocenters. The Morgan fingerprint density at radius 1 is 1.62 bits per heavy atom. The molecule has 1 rings (SSSR count). The van der Waals surface area contributed by atoms with Crippen LogP contribution in [0.1, 0.15) is 29.8 Å². The van der Waals surface area contributed by atoms with Crippen molar-refractivity contribution in [1.29, 1.82) is 0 Å². The molecule has 1 heterocycles. The van der Waals surface area contributed by atoms with Crippen molar-refractivity contribution in [2.75, 3.05) is 6.61 Å². The van der Waals surface area contributed by atoms with Crippen LogP contribution >= 0.6 is 11.3 Å². The second-order valence-electron chi connectivity index (χ2n) is 3.25. The molecule has 0 spiro atoms. The highest BCUT2D eigenvalue weighted by Crippen LogP contribution is 2.19. The molecule has 0 saturated heterocycles. The average molecular weight is 200 g/mol. The molecule has 4 heteroatoms. The Hall–Kier alpha value is -0.450. The van der Waals surface area contributed by atoms with Gasteiger partial charge in [-0.15, -0.1) is 11.3 Å². The lowest BCUT2D eigenvalue weighted by atomic mass is 10.2. The average Bonchev–Trinajstić information content (AvgIpc) is 2.51. The molecule has 1 aromatic rings. The fraction of sp³-hybridized carbons (Fsp3) is 0.667. The number of hydrogen-bond acceptors (Lipinski definition) is 4. The smallest absolute Gasteiger partial charge is 0.0897 e. The first-order valence-electron chi connectivity index (χ1n) is 4.42. The van der Waals surface area contributed by atoms with Gasteiger partial charge in [0.1, 0.15) is 0 Å². The van der Waals surface area contributed by atoms with Crippen molar-refractivity contribution < 1.29 is 5.11 Å². The second-order valence-corrected chi connectivity index (χ2v) is 4.52. The van der Waals surface area contributed by atoms with Gasteiger partial charge in [-0.25, -0.2) is 4.98 Å². The summed E-state index contributed by atoms with van der Waals surface area (Å²) in [5.41, 5.74) is 0. The third-order valence-electron chi connectivity index (χ3n) is 1.87. The molecular weight excluding hydrogens is 184 g/mol. The van der Waals surface area contributed by atoms with Gasteiger partial charge in [0.2, 0.25) is 0 Å². The Kier molecular flexibility index (Phi) is 3.84. The van der Waals surface area contributed by atoms with Crippen molar-refractivity contribution >= 4 is 11.3 Å². The van der Waals surface area contributed by atoms with Gasteiger partial charge in [-0.05, 0) is 20.8 Å². The van der Waals surface area contributed by atoms with Gasteiger partial charge in [0.25, 0.3) is 0 Å². The minimum absolute atomic E-state index is 0.136. The molecule has 0 aromatic carbocycles. The Bertz CT molecular complexity index is 262. The van der Waals surface area contributed by atoms with E-state index in [0.29, 0.717) is 0 Å². The lowest BCUT2D eigenvalue weighted by Gasteiger charge is -2.16. The fourth-order valence-electron chi connectivity index (χ4n) is 1.14. The minimum atomic E-state index is 0.136. The summed E-state index contributed by atoms with van der Waals surface area (Å²) in [6.45, 7) is 6.21. The van der Waals surface area contributed by atoms with Crippen molar-refractivity contribution in [2.24, 2.45) is 0 Å². The van der Waals surface area contributed by atoms with E-state index in [-0.39, 0.29) is 18.7 Å². The number of rotatable bonds is 4. The number of aliphatic hydroxyl groups is 1. The minimum Gasteiger partial charge on any atom is -0.395 e. The standard InChI is InChI=1S/C9H16N2OS/c1-6(5-12)11-7(2)9-4-10-8(3)13-9/h4,6-7,11-12H,5H2,1-3H3/t6-,7?/m1/s1. The molecule has 3 nitrogen and oxygen atoms in total. The number of hydrogen-bond donors (Lipinski definition) is 2. The normalized spacial score (nSPS) is 15.7. The van der Waals surface area contributed by atoms with Crippen molar-refractivity contribution in [3.05, 3.63) is 16.1 Å². The van der Waals surface area contributed by atoms with Crippen molar-refractivity contribution in [3.63, 3.8) is 0 Å². The molecule has 0 bridgehead atoms. The van der Waals surface area contributed by atoms with E-state index in [4.69, 9.17) is 5.11 Å². The highest BCUT2D eigenvalue weighted by Gasteiger charge is 2.10. The lowest BCUT2D eigenvalue weighted by molar-refractivity contribution is 0.243. The van der Waals surface area contributed by atoms with E-state index < -0.39 is 0 Å². The topological polar surface area (TPSA) is 45.2 Å². The van der Waals surface area contributed by atoms with Crippen LogP contribution in [0.25, 0.3) is 0 Å². The molecule has 13 heavy (non-hydrogen) atoms. The first kappa shape index (κ1) is 10.6. The first-order chi connectivity index (χ1) is 6.13. The zero-order valence-corrected chi connectivity index (χ0v) is 9.06. The second kappa shape index (κ2) is 4.69. The van der Waals surface area contributed by atoms with E-state index in [2.05, 4.69) is 17.2 Å². The highest BCUT2D eigenvalue weighted by molar-refractivity contribution is 7.11. The van der Waals surface area contributed by atoms with Crippen LogP contribution in [-0.2, 0) is 0 Å². The summed E-state index contributed by atoms with van der Waals surface area (Å²) < 4.78 is 0. The molecule has 0 saturated carbocycles. The summed E-state index contributed by atoms with van der Waals surface area (Å²) in [6, 6.07) is 0.408. The number of nitrogens with zero attached hydrogens (tertiary/aromatic N) is 1. The Labute approximate surface area is 82.8 Å². The van der Waals surface area contributed by atoms with Gasteiger partial charge in [0.15, 0.2) is 0 Å². The monoisotopic (exact) mass is 200 g/mol. The predicted molar refractivity (Wildman–Crippen MR) is 54.9 cm³/mol. The highest BCUT2D eigenvalue weighted by atomic mass is 32.1. The molecule has 2 atom stereocenters. The van der Waals surface area contributed by atoms with Gasteiger partial charge in [-0.2, -0.15) is 0 Å². The maximum atomic E-state index is 8.86. The van der Waals surface area contributed by atoms with Gasteiger partial charge < -0.3 is 10.4 Å².